The predicted octanol–water partition coefficient (Wildman–Crippen LogP) is 1.80. The van der Waals surface area contributed by atoms with Crippen molar-refractivity contribution in [1.29, 1.82) is 0 Å². The number of rotatable bonds is 1. The highest BCUT2D eigenvalue weighted by atomic mass is 32.1. The molecule has 3 aromatic heterocycles. The number of hydrogen-bond donors (Lipinski definition) is 1. The minimum Gasteiger partial charge on any atom is -0.290 e. The van der Waals surface area contributed by atoms with Crippen LogP contribution in [-0.2, 0) is 6.42 Å². The summed E-state index contributed by atoms with van der Waals surface area (Å²) in [6, 6.07) is 3.94. The molecule has 0 bridgehead atoms. The summed E-state index contributed by atoms with van der Waals surface area (Å²) in [6.07, 6.45) is 0.799. The van der Waals surface area contributed by atoms with Gasteiger partial charge in [-0.1, -0.05) is 6.92 Å². The summed E-state index contributed by atoms with van der Waals surface area (Å²) in [4.78, 5) is 11.6. The van der Waals surface area contributed by atoms with Crippen LogP contribution >= 0.6 is 11.3 Å². The largest absolute Gasteiger partial charge is 0.290 e. The van der Waals surface area contributed by atoms with Crippen molar-refractivity contribution in [2.75, 3.05) is 0 Å². The van der Waals surface area contributed by atoms with Gasteiger partial charge in [0.1, 0.15) is 11.3 Å². The lowest BCUT2D eigenvalue weighted by molar-refractivity contribution is 0.820. The van der Waals surface area contributed by atoms with Crippen LogP contribution < -0.4 is 5.56 Å². The zero-order valence-corrected chi connectivity index (χ0v) is 8.97. The molecule has 4 nitrogen and oxygen atoms in total. The number of thiophene rings is 1. The van der Waals surface area contributed by atoms with Crippen LogP contribution in [0.25, 0.3) is 15.7 Å². The molecule has 0 aliphatic carbocycles. The lowest BCUT2D eigenvalue weighted by atomic mass is 10.4. The number of aryl methyl sites for hydroxylation is 1. The van der Waals surface area contributed by atoms with Crippen molar-refractivity contribution < 1.29 is 0 Å². The van der Waals surface area contributed by atoms with E-state index in [4.69, 9.17) is 0 Å². The van der Waals surface area contributed by atoms with Crippen LogP contribution in [-0.4, -0.2) is 14.6 Å². The highest BCUT2D eigenvalue weighted by Crippen LogP contribution is 2.24. The highest BCUT2D eigenvalue weighted by molar-refractivity contribution is 7.17. The van der Waals surface area contributed by atoms with Crippen LogP contribution in [0, 0.1) is 0 Å². The summed E-state index contributed by atoms with van der Waals surface area (Å²) in [5, 5.41) is 8.61. The second kappa shape index (κ2) is 2.93. The number of aromatic amines is 1. The number of aromatic nitrogens is 3. The third-order valence-corrected chi connectivity index (χ3v) is 3.37. The number of nitrogens with zero attached hydrogens (tertiary/aromatic N) is 2. The van der Waals surface area contributed by atoms with Gasteiger partial charge in [0.15, 0.2) is 0 Å². The second-order valence-electron chi connectivity index (χ2n) is 3.36. The van der Waals surface area contributed by atoms with Crippen molar-refractivity contribution in [2.45, 2.75) is 13.3 Å². The van der Waals surface area contributed by atoms with Crippen molar-refractivity contribution in [3.63, 3.8) is 0 Å². The summed E-state index contributed by atoms with van der Waals surface area (Å²) < 4.78 is 3.06. The number of hydrogen-bond acceptors (Lipinski definition) is 3. The van der Waals surface area contributed by atoms with E-state index >= 15 is 0 Å². The first-order valence-corrected chi connectivity index (χ1v) is 5.65. The van der Waals surface area contributed by atoms with Gasteiger partial charge in [-0.3, -0.25) is 9.20 Å². The molecule has 0 aliphatic rings. The molecule has 5 heteroatoms. The molecule has 0 unspecified atom stereocenters. The van der Waals surface area contributed by atoms with Crippen molar-refractivity contribution in [3.8, 4) is 0 Å². The van der Waals surface area contributed by atoms with Crippen LogP contribution in [0.3, 0.4) is 0 Å². The standard InChI is InChI=1S/C10H9N3OS/c1-2-9-11-12-10(14)7-5-8-6(13(7)9)3-4-15-8/h3-5H,2H2,1H3,(H,12,14). The zero-order valence-electron chi connectivity index (χ0n) is 8.15. The first-order chi connectivity index (χ1) is 7.31. The molecule has 3 heterocycles. The Kier molecular flexibility index (Phi) is 1.70. The van der Waals surface area contributed by atoms with Gasteiger partial charge in [-0.2, -0.15) is 5.10 Å². The lowest BCUT2D eigenvalue weighted by Crippen LogP contribution is -2.14. The first-order valence-electron chi connectivity index (χ1n) is 4.77. The summed E-state index contributed by atoms with van der Waals surface area (Å²) in [5.41, 5.74) is 1.63. The molecule has 76 valence electrons. The molecular weight excluding hydrogens is 210 g/mol. The fraction of sp³-hybridized carbons (Fsp3) is 0.200. The Morgan fingerprint density at radius 2 is 2.40 bits per heavy atom. The number of H-pyrrole nitrogens is 1. The smallest absolute Gasteiger partial charge is 0.288 e. The topological polar surface area (TPSA) is 50.2 Å². The maximum Gasteiger partial charge on any atom is 0.288 e. The third kappa shape index (κ3) is 1.07. The predicted molar refractivity (Wildman–Crippen MR) is 60.6 cm³/mol. The van der Waals surface area contributed by atoms with Crippen LogP contribution in [0.15, 0.2) is 22.3 Å². The van der Waals surface area contributed by atoms with E-state index in [1.165, 1.54) is 0 Å². The Morgan fingerprint density at radius 1 is 1.53 bits per heavy atom. The van der Waals surface area contributed by atoms with E-state index in [-0.39, 0.29) is 5.56 Å². The van der Waals surface area contributed by atoms with Crippen LogP contribution in [0.2, 0.25) is 0 Å². The molecule has 3 aromatic rings. The SMILES string of the molecule is CCc1n[nH]c(=O)c2cc3sccc3n12. The van der Waals surface area contributed by atoms with E-state index < -0.39 is 0 Å². The van der Waals surface area contributed by atoms with Gasteiger partial charge < -0.3 is 0 Å². The second-order valence-corrected chi connectivity index (χ2v) is 4.31. The third-order valence-electron chi connectivity index (χ3n) is 2.52. The average Bonchev–Trinajstić information content (AvgIpc) is 2.79. The monoisotopic (exact) mass is 219 g/mol. The average molecular weight is 219 g/mol. The maximum absolute atomic E-state index is 11.6. The fourth-order valence-electron chi connectivity index (χ4n) is 1.83. The maximum atomic E-state index is 11.6. The van der Waals surface area contributed by atoms with E-state index in [0.717, 1.165) is 22.5 Å². The molecule has 1 N–H and O–H groups in total. The number of fused-ring (bicyclic) bond motifs is 3. The van der Waals surface area contributed by atoms with E-state index in [9.17, 15) is 4.79 Å². The van der Waals surface area contributed by atoms with Gasteiger partial charge in [0, 0.05) is 6.42 Å². The summed E-state index contributed by atoms with van der Waals surface area (Å²) in [7, 11) is 0. The van der Waals surface area contributed by atoms with E-state index in [2.05, 4.69) is 10.2 Å². The first kappa shape index (κ1) is 8.67. The minimum absolute atomic E-state index is 0.129. The number of nitrogens with one attached hydrogen (secondary N) is 1. The van der Waals surface area contributed by atoms with Gasteiger partial charge in [-0.25, -0.2) is 5.10 Å². The molecule has 0 spiro atoms. The minimum atomic E-state index is -0.129. The van der Waals surface area contributed by atoms with Crippen LogP contribution in [0.4, 0.5) is 0 Å². The zero-order chi connectivity index (χ0) is 10.4. The van der Waals surface area contributed by atoms with Gasteiger partial charge in [0.05, 0.1) is 10.2 Å². The Bertz CT molecular complexity index is 691. The van der Waals surface area contributed by atoms with Gasteiger partial charge in [-0.05, 0) is 17.5 Å². The Labute approximate surface area is 89.2 Å². The van der Waals surface area contributed by atoms with Gasteiger partial charge in [-0.15, -0.1) is 11.3 Å². The molecule has 0 fully saturated rings. The molecular formula is C10H9N3OS. The molecule has 0 amide bonds. The Balaban J connectivity index is 2.65. The molecule has 0 aromatic carbocycles. The van der Waals surface area contributed by atoms with Crippen molar-refractivity contribution in [3.05, 3.63) is 33.7 Å². The van der Waals surface area contributed by atoms with E-state index in [0.29, 0.717) is 5.52 Å². The fourth-order valence-corrected chi connectivity index (χ4v) is 2.63. The van der Waals surface area contributed by atoms with Crippen molar-refractivity contribution in [1.82, 2.24) is 14.6 Å². The van der Waals surface area contributed by atoms with E-state index in [1.54, 1.807) is 11.3 Å². The molecule has 3 rings (SSSR count). The van der Waals surface area contributed by atoms with Crippen LogP contribution in [0.5, 0.6) is 0 Å². The quantitative estimate of drug-likeness (QED) is 0.678. The normalized spacial score (nSPS) is 11.5. The molecule has 0 aliphatic heterocycles. The van der Waals surface area contributed by atoms with Gasteiger partial charge in [0.2, 0.25) is 0 Å². The van der Waals surface area contributed by atoms with Crippen molar-refractivity contribution >= 4 is 27.1 Å². The van der Waals surface area contributed by atoms with Gasteiger partial charge >= 0.3 is 0 Å². The highest BCUT2D eigenvalue weighted by Gasteiger charge is 2.10. The Hall–Kier alpha value is -1.62. The molecule has 0 atom stereocenters. The summed E-state index contributed by atoms with van der Waals surface area (Å²) in [5.74, 6) is 0.887. The van der Waals surface area contributed by atoms with Crippen LogP contribution in [0.1, 0.15) is 12.7 Å². The molecule has 0 radical (unpaired) electrons. The summed E-state index contributed by atoms with van der Waals surface area (Å²) >= 11 is 1.64. The lowest BCUT2D eigenvalue weighted by Gasteiger charge is -2.00. The summed E-state index contributed by atoms with van der Waals surface area (Å²) in [6.45, 7) is 2.03. The Morgan fingerprint density at radius 3 is 3.20 bits per heavy atom. The molecule has 0 saturated carbocycles. The van der Waals surface area contributed by atoms with Gasteiger partial charge in [0.25, 0.3) is 5.56 Å². The molecule has 0 saturated heterocycles. The van der Waals surface area contributed by atoms with Crippen molar-refractivity contribution in [2.24, 2.45) is 0 Å². The molecule has 15 heavy (non-hydrogen) atoms. The van der Waals surface area contributed by atoms with E-state index in [1.807, 2.05) is 28.8 Å².